The fourth-order valence-corrected chi connectivity index (χ4v) is 7.09. The third-order valence-corrected chi connectivity index (χ3v) is 10.5. The SMILES string of the molecule is CCNS(=O)(=O)c1ccc(CNC(=O)c2ccc(CNC(=O)Cc3cccc(C[C@@H](C)NC[C@@H](O)c4ccc(-n5c(C)ccc5C)nc4)c3)cc2)cc1. The standard InChI is InChI=1S/C41H48N6O5S/c1-5-46-53(51,52)37-18-13-32(14-19-37)25-45-41(50)35-15-11-31(12-16-35)24-44-40(49)23-34-8-6-7-33(22-34)21-28(2)42-27-38(48)36-17-20-39(43-26-36)47-29(3)9-10-30(47)4/h6-20,22,26,28,38,42,46,48H,5,21,23-25,27H2,1-4H3,(H,44,49)(H,45,50)/t28-,38-/m1/s1. The molecule has 0 saturated carbocycles. The van der Waals surface area contributed by atoms with Gasteiger partial charge in [-0.05, 0) is 91.9 Å². The van der Waals surface area contributed by atoms with E-state index in [1.165, 1.54) is 12.1 Å². The number of amides is 2. The van der Waals surface area contributed by atoms with Crippen LogP contribution in [-0.2, 0) is 40.7 Å². The van der Waals surface area contributed by atoms with Crippen LogP contribution >= 0.6 is 0 Å². The molecule has 0 aliphatic rings. The summed E-state index contributed by atoms with van der Waals surface area (Å²) in [6, 6.07) is 29.4. The Balaban J connectivity index is 1.03. The molecule has 2 amide bonds. The lowest BCUT2D eigenvalue weighted by molar-refractivity contribution is -0.120. The van der Waals surface area contributed by atoms with Crippen molar-refractivity contribution in [3.63, 3.8) is 0 Å². The van der Waals surface area contributed by atoms with Gasteiger partial charge in [0.25, 0.3) is 5.91 Å². The van der Waals surface area contributed by atoms with Crippen molar-refractivity contribution >= 4 is 21.8 Å². The average Bonchev–Trinajstić information content (AvgIpc) is 3.49. The molecule has 2 aromatic heterocycles. The van der Waals surface area contributed by atoms with Gasteiger partial charge in [0.2, 0.25) is 15.9 Å². The van der Waals surface area contributed by atoms with Crippen molar-refractivity contribution in [2.24, 2.45) is 0 Å². The molecule has 2 heterocycles. The Morgan fingerprint density at radius 3 is 2.09 bits per heavy atom. The number of sulfonamides is 1. The Labute approximate surface area is 311 Å². The molecule has 5 aromatic rings. The Morgan fingerprint density at radius 1 is 0.811 bits per heavy atom. The largest absolute Gasteiger partial charge is 0.387 e. The molecular formula is C41H48N6O5S. The molecule has 5 N–H and O–H groups in total. The first-order valence-electron chi connectivity index (χ1n) is 17.7. The summed E-state index contributed by atoms with van der Waals surface area (Å²) in [6.07, 6.45) is 2.01. The molecule has 278 valence electrons. The molecule has 3 aromatic carbocycles. The lowest BCUT2D eigenvalue weighted by atomic mass is 10.0. The maximum atomic E-state index is 12.8. The zero-order valence-corrected chi connectivity index (χ0v) is 31.4. The number of hydrogen-bond acceptors (Lipinski definition) is 7. The van der Waals surface area contributed by atoms with E-state index in [9.17, 15) is 23.1 Å². The predicted octanol–water partition coefficient (Wildman–Crippen LogP) is 4.83. The van der Waals surface area contributed by atoms with Crippen LogP contribution in [0, 0.1) is 13.8 Å². The summed E-state index contributed by atoms with van der Waals surface area (Å²) < 4.78 is 28.8. The average molecular weight is 737 g/mol. The Kier molecular flexibility index (Phi) is 13.3. The zero-order chi connectivity index (χ0) is 38.0. The van der Waals surface area contributed by atoms with Crippen LogP contribution in [-0.4, -0.2) is 54.0 Å². The summed E-state index contributed by atoms with van der Waals surface area (Å²) in [5.41, 5.74) is 7.08. The van der Waals surface area contributed by atoms with Gasteiger partial charge in [0, 0.05) is 60.9 Å². The summed E-state index contributed by atoms with van der Waals surface area (Å²) in [5, 5.41) is 20.0. The summed E-state index contributed by atoms with van der Waals surface area (Å²) in [6.45, 7) is 9.14. The van der Waals surface area contributed by atoms with E-state index in [0.29, 0.717) is 25.2 Å². The summed E-state index contributed by atoms with van der Waals surface area (Å²) in [4.78, 5) is 30.2. The van der Waals surface area contributed by atoms with E-state index >= 15 is 0 Å². The van der Waals surface area contributed by atoms with Gasteiger partial charge in [-0.1, -0.05) is 61.5 Å². The number of aryl methyl sites for hydroxylation is 2. The highest BCUT2D eigenvalue weighted by Crippen LogP contribution is 2.18. The summed E-state index contributed by atoms with van der Waals surface area (Å²) >= 11 is 0. The maximum Gasteiger partial charge on any atom is 0.251 e. The lowest BCUT2D eigenvalue weighted by Crippen LogP contribution is -2.32. The molecule has 0 bridgehead atoms. The van der Waals surface area contributed by atoms with Gasteiger partial charge in [0.1, 0.15) is 5.82 Å². The normalized spacial score (nSPS) is 12.6. The third kappa shape index (κ3) is 10.9. The fraction of sp³-hybridized carbons (Fsp3) is 0.293. The van der Waals surface area contributed by atoms with Gasteiger partial charge >= 0.3 is 0 Å². The molecule has 0 radical (unpaired) electrons. The van der Waals surface area contributed by atoms with E-state index in [1.807, 2.05) is 50.2 Å². The Bertz CT molecular complexity index is 2080. The zero-order valence-electron chi connectivity index (χ0n) is 30.6. The van der Waals surface area contributed by atoms with Crippen molar-refractivity contribution in [2.75, 3.05) is 13.1 Å². The number of rotatable bonds is 17. The van der Waals surface area contributed by atoms with Crippen LogP contribution in [0.25, 0.3) is 5.82 Å². The van der Waals surface area contributed by atoms with Crippen LogP contribution in [0.4, 0.5) is 0 Å². The first kappa shape index (κ1) is 39.1. The molecule has 0 fully saturated rings. The van der Waals surface area contributed by atoms with E-state index in [-0.39, 0.29) is 35.7 Å². The summed E-state index contributed by atoms with van der Waals surface area (Å²) in [7, 11) is -3.53. The van der Waals surface area contributed by atoms with Crippen molar-refractivity contribution in [3.8, 4) is 5.82 Å². The second-order valence-electron chi connectivity index (χ2n) is 13.2. The van der Waals surface area contributed by atoms with Crippen molar-refractivity contribution in [1.29, 1.82) is 0 Å². The van der Waals surface area contributed by atoms with Crippen molar-refractivity contribution in [3.05, 3.63) is 148 Å². The van der Waals surface area contributed by atoms with Crippen LogP contribution < -0.4 is 20.7 Å². The molecule has 0 saturated heterocycles. The smallest absolute Gasteiger partial charge is 0.251 e. The molecule has 0 unspecified atom stereocenters. The van der Waals surface area contributed by atoms with E-state index in [1.54, 1.807) is 49.5 Å². The van der Waals surface area contributed by atoms with Crippen LogP contribution in [0.5, 0.6) is 0 Å². The number of nitrogens with one attached hydrogen (secondary N) is 4. The minimum atomic E-state index is -3.53. The van der Waals surface area contributed by atoms with Crippen LogP contribution in [0.3, 0.4) is 0 Å². The predicted molar refractivity (Wildman–Crippen MR) is 206 cm³/mol. The van der Waals surface area contributed by atoms with E-state index in [2.05, 4.69) is 49.3 Å². The van der Waals surface area contributed by atoms with Crippen LogP contribution in [0.2, 0.25) is 0 Å². The molecule has 0 spiro atoms. The van der Waals surface area contributed by atoms with Gasteiger partial charge in [0.05, 0.1) is 17.4 Å². The van der Waals surface area contributed by atoms with Crippen molar-refractivity contribution in [2.45, 2.75) is 70.7 Å². The number of benzene rings is 3. The Hall–Kier alpha value is -5.14. The molecular weight excluding hydrogens is 689 g/mol. The quantitative estimate of drug-likeness (QED) is 0.0917. The highest BCUT2D eigenvalue weighted by atomic mass is 32.2. The van der Waals surface area contributed by atoms with Gasteiger partial charge in [-0.15, -0.1) is 0 Å². The second kappa shape index (κ2) is 18.1. The number of carbonyl (C=O) groups excluding carboxylic acids is 2. The summed E-state index contributed by atoms with van der Waals surface area (Å²) in [5.74, 6) is 0.461. The van der Waals surface area contributed by atoms with E-state index in [0.717, 1.165) is 51.4 Å². The first-order chi connectivity index (χ1) is 25.4. The molecule has 0 aliphatic heterocycles. The number of nitrogens with zero attached hydrogens (tertiary/aromatic N) is 2. The molecule has 5 rings (SSSR count). The number of hydrogen-bond donors (Lipinski definition) is 5. The van der Waals surface area contributed by atoms with Gasteiger partial charge in [-0.25, -0.2) is 18.1 Å². The number of aliphatic hydroxyl groups excluding tert-OH is 1. The first-order valence-corrected chi connectivity index (χ1v) is 19.2. The highest BCUT2D eigenvalue weighted by molar-refractivity contribution is 7.89. The molecule has 2 atom stereocenters. The monoisotopic (exact) mass is 736 g/mol. The molecule has 53 heavy (non-hydrogen) atoms. The molecule has 11 nitrogen and oxygen atoms in total. The van der Waals surface area contributed by atoms with Gasteiger partial charge in [-0.2, -0.15) is 0 Å². The maximum absolute atomic E-state index is 12.8. The topological polar surface area (TPSA) is 154 Å². The van der Waals surface area contributed by atoms with Crippen molar-refractivity contribution in [1.82, 2.24) is 30.2 Å². The highest BCUT2D eigenvalue weighted by Gasteiger charge is 2.14. The minimum Gasteiger partial charge on any atom is -0.387 e. The number of carbonyl (C=O) groups is 2. The van der Waals surface area contributed by atoms with Gasteiger partial charge in [-0.3, -0.25) is 9.59 Å². The number of aliphatic hydroxyl groups is 1. The van der Waals surface area contributed by atoms with E-state index < -0.39 is 16.1 Å². The molecule has 12 heteroatoms. The number of aromatic nitrogens is 2. The van der Waals surface area contributed by atoms with Crippen LogP contribution in [0.15, 0.2) is 108 Å². The Morgan fingerprint density at radius 2 is 1.45 bits per heavy atom. The number of pyridine rings is 1. The van der Waals surface area contributed by atoms with E-state index in [4.69, 9.17) is 0 Å². The van der Waals surface area contributed by atoms with Crippen molar-refractivity contribution < 1.29 is 23.1 Å². The minimum absolute atomic E-state index is 0.0944. The second-order valence-corrected chi connectivity index (χ2v) is 15.0. The molecule has 0 aliphatic carbocycles. The lowest BCUT2D eigenvalue weighted by Gasteiger charge is -2.18. The van der Waals surface area contributed by atoms with Gasteiger partial charge < -0.3 is 25.6 Å². The third-order valence-electron chi connectivity index (χ3n) is 8.94. The fourth-order valence-electron chi connectivity index (χ4n) is 6.05. The van der Waals surface area contributed by atoms with Crippen LogP contribution in [0.1, 0.15) is 69.5 Å². The van der Waals surface area contributed by atoms with Gasteiger partial charge in [0.15, 0.2) is 0 Å².